The van der Waals surface area contributed by atoms with Gasteiger partial charge in [0.15, 0.2) is 0 Å². The number of aromatic amines is 1. The summed E-state index contributed by atoms with van der Waals surface area (Å²) in [6, 6.07) is 4.70. The summed E-state index contributed by atoms with van der Waals surface area (Å²) in [6.45, 7) is 3.50. The van der Waals surface area contributed by atoms with Crippen LogP contribution in [0.1, 0.15) is 11.4 Å². The lowest BCUT2D eigenvalue weighted by Crippen LogP contribution is -2.14. The Morgan fingerprint density at radius 2 is 2.06 bits per heavy atom. The SMILES string of the molecule is Cc1ccc(S(=O)(=O)Nc2n[nH]c(C)n2)c(Cl)c1. The summed E-state index contributed by atoms with van der Waals surface area (Å²) in [5.41, 5.74) is 0.882. The summed E-state index contributed by atoms with van der Waals surface area (Å²) in [5, 5.41) is 6.41. The number of halogens is 1. The first-order chi connectivity index (χ1) is 8.38. The van der Waals surface area contributed by atoms with Crippen molar-refractivity contribution in [3.8, 4) is 0 Å². The maximum absolute atomic E-state index is 12.1. The Hall–Kier alpha value is -1.60. The van der Waals surface area contributed by atoms with E-state index in [1.165, 1.54) is 6.07 Å². The molecule has 0 bridgehead atoms. The first-order valence-corrected chi connectivity index (χ1v) is 6.92. The molecule has 0 radical (unpaired) electrons. The average Bonchev–Trinajstić information content (AvgIpc) is 2.62. The predicted molar refractivity (Wildman–Crippen MR) is 68.1 cm³/mol. The van der Waals surface area contributed by atoms with Gasteiger partial charge in [-0.3, -0.25) is 5.10 Å². The number of sulfonamides is 1. The lowest BCUT2D eigenvalue weighted by molar-refractivity contribution is 0.601. The van der Waals surface area contributed by atoms with E-state index in [-0.39, 0.29) is 15.9 Å². The highest BCUT2D eigenvalue weighted by molar-refractivity contribution is 7.92. The fraction of sp³-hybridized carbons (Fsp3) is 0.200. The first kappa shape index (κ1) is 12.8. The van der Waals surface area contributed by atoms with Crippen molar-refractivity contribution in [3.63, 3.8) is 0 Å². The standard InChI is InChI=1S/C10H11ClN4O2S/c1-6-3-4-9(8(11)5-6)18(16,17)15-10-12-7(2)13-14-10/h3-5H,1-2H3,(H2,12,13,14,15). The summed E-state index contributed by atoms with van der Waals surface area (Å²) in [5.74, 6) is 0.506. The second-order valence-electron chi connectivity index (χ2n) is 3.78. The van der Waals surface area contributed by atoms with Crippen molar-refractivity contribution < 1.29 is 8.42 Å². The number of nitrogens with zero attached hydrogens (tertiary/aromatic N) is 2. The molecule has 0 unspecified atom stereocenters. The topological polar surface area (TPSA) is 87.7 Å². The van der Waals surface area contributed by atoms with Crippen LogP contribution >= 0.6 is 11.6 Å². The highest BCUT2D eigenvalue weighted by atomic mass is 35.5. The Balaban J connectivity index is 2.36. The molecule has 2 rings (SSSR count). The molecule has 0 aliphatic carbocycles. The Labute approximate surface area is 109 Å². The summed E-state index contributed by atoms with van der Waals surface area (Å²) in [7, 11) is -3.77. The molecule has 18 heavy (non-hydrogen) atoms. The molecule has 1 heterocycles. The van der Waals surface area contributed by atoms with Crippen molar-refractivity contribution in [2.75, 3.05) is 4.72 Å². The van der Waals surface area contributed by atoms with Crippen LogP contribution in [0.3, 0.4) is 0 Å². The maximum atomic E-state index is 12.1. The number of aryl methyl sites for hydroxylation is 2. The first-order valence-electron chi connectivity index (χ1n) is 5.06. The Kier molecular flexibility index (Phi) is 3.27. The van der Waals surface area contributed by atoms with Gasteiger partial charge in [0, 0.05) is 0 Å². The number of aromatic nitrogens is 3. The molecular weight excluding hydrogens is 276 g/mol. The van der Waals surface area contributed by atoms with Crippen molar-refractivity contribution in [2.24, 2.45) is 0 Å². The molecule has 96 valence electrons. The van der Waals surface area contributed by atoms with Crippen molar-refractivity contribution >= 4 is 27.6 Å². The molecule has 1 aromatic heterocycles. The van der Waals surface area contributed by atoms with Crippen molar-refractivity contribution in [3.05, 3.63) is 34.6 Å². The van der Waals surface area contributed by atoms with E-state index in [1.807, 2.05) is 6.92 Å². The third kappa shape index (κ3) is 2.62. The molecule has 0 aliphatic rings. The van der Waals surface area contributed by atoms with Gasteiger partial charge in [0.2, 0.25) is 0 Å². The number of H-pyrrole nitrogens is 1. The molecule has 6 nitrogen and oxygen atoms in total. The molecule has 0 spiro atoms. The van der Waals surface area contributed by atoms with Gasteiger partial charge in [-0.15, -0.1) is 5.10 Å². The molecule has 1 aromatic carbocycles. The van der Waals surface area contributed by atoms with Crippen LogP contribution in [0, 0.1) is 13.8 Å². The van der Waals surface area contributed by atoms with E-state index in [1.54, 1.807) is 19.1 Å². The van der Waals surface area contributed by atoms with Crippen LogP contribution in [0.5, 0.6) is 0 Å². The van der Waals surface area contributed by atoms with E-state index < -0.39 is 10.0 Å². The second-order valence-corrected chi connectivity index (χ2v) is 5.84. The number of hydrogen-bond donors (Lipinski definition) is 2. The van der Waals surface area contributed by atoms with Gasteiger partial charge >= 0.3 is 0 Å². The monoisotopic (exact) mass is 286 g/mol. The van der Waals surface area contributed by atoms with Crippen LogP contribution in [0.2, 0.25) is 5.02 Å². The molecule has 2 N–H and O–H groups in total. The van der Waals surface area contributed by atoms with E-state index in [0.29, 0.717) is 5.82 Å². The zero-order chi connectivity index (χ0) is 13.3. The molecule has 8 heteroatoms. The van der Waals surface area contributed by atoms with E-state index >= 15 is 0 Å². The molecule has 0 aliphatic heterocycles. The van der Waals surface area contributed by atoms with Gasteiger partial charge < -0.3 is 0 Å². The minimum absolute atomic E-state index is 0.00257. The van der Waals surface area contributed by atoms with Crippen LogP contribution in [0.4, 0.5) is 5.95 Å². The molecule has 0 saturated carbocycles. The maximum Gasteiger partial charge on any atom is 0.265 e. The summed E-state index contributed by atoms with van der Waals surface area (Å²) < 4.78 is 26.4. The summed E-state index contributed by atoms with van der Waals surface area (Å²) in [4.78, 5) is 3.87. The Morgan fingerprint density at radius 3 is 2.61 bits per heavy atom. The van der Waals surface area contributed by atoms with E-state index in [0.717, 1.165) is 5.56 Å². The van der Waals surface area contributed by atoms with Crippen LogP contribution in [0.15, 0.2) is 23.1 Å². The predicted octanol–water partition coefficient (Wildman–Crippen LogP) is 1.88. The zero-order valence-electron chi connectivity index (χ0n) is 9.73. The number of rotatable bonds is 3. The molecule has 0 amide bonds. The van der Waals surface area contributed by atoms with Gasteiger partial charge in [0.1, 0.15) is 10.7 Å². The number of nitrogens with one attached hydrogen (secondary N) is 2. The van der Waals surface area contributed by atoms with Crippen LogP contribution in [-0.4, -0.2) is 23.6 Å². The van der Waals surface area contributed by atoms with Gasteiger partial charge in [-0.05, 0) is 31.5 Å². The third-order valence-corrected chi connectivity index (χ3v) is 4.01. The lowest BCUT2D eigenvalue weighted by atomic mass is 10.2. The highest BCUT2D eigenvalue weighted by Gasteiger charge is 2.19. The second kappa shape index (κ2) is 4.58. The molecular formula is C10H11ClN4O2S. The molecule has 2 aromatic rings. The van der Waals surface area contributed by atoms with Crippen LogP contribution < -0.4 is 4.72 Å². The smallest absolute Gasteiger partial charge is 0.261 e. The number of hydrogen-bond acceptors (Lipinski definition) is 4. The van der Waals surface area contributed by atoms with Crippen molar-refractivity contribution in [2.45, 2.75) is 18.7 Å². The van der Waals surface area contributed by atoms with Crippen molar-refractivity contribution in [1.29, 1.82) is 0 Å². The Morgan fingerprint density at radius 1 is 1.33 bits per heavy atom. The lowest BCUT2D eigenvalue weighted by Gasteiger charge is -2.06. The molecule has 0 atom stereocenters. The normalized spacial score (nSPS) is 11.5. The molecule has 0 fully saturated rings. The van der Waals surface area contributed by atoms with Gasteiger partial charge in [0.25, 0.3) is 16.0 Å². The Bertz CT molecular complexity index is 681. The van der Waals surface area contributed by atoms with E-state index in [9.17, 15) is 8.42 Å². The number of benzene rings is 1. The van der Waals surface area contributed by atoms with Gasteiger partial charge in [0.05, 0.1) is 5.02 Å². The van der Waals surface area contributed by atoms with E-state index in [2.05, 4.69) is 19.9 Å². The van der Waals surface area contributed by atoms with Gasteiger partial charge in [-0.2, -0.15) is 4.98 Å². The third-order valence-electron chi connectivity index (χ3n) is 2.20. The van der Waals surface area contributed by atoms with Crippen LogP contribution in [-0.2, 0) is 10.0 Å². The average molecular weight is 287 g/mol. The van der Waals surface area contributed by atoms with Crippen molar-refractivity contribution in [1.82, 2.24) is 15.2 Å². The zero-order valence-corrected chi connectivity index (χ0v) is 11.3. The number of anilines is 1. The van der Waals surface area contributed by atoms with E-state index in [4.69, 9.17) is 11.6 Å². The van der Waals surface area contributed by atoms with Crippen LogP contribution in [0.25, 0.3) is 0 Å². The fourth-order valence-corrected chi connectivity index (χ4v) is 2.93. The minimum atomic E-state index is -3.77. The fourth-order valence-electron chi connectivity index (χ4n) is 1.39. The summed E-state index contributed by atoms with van der Waals surface area (Å²) >= 11 is 5.92. The molecule has 0 saturated heterocycles. The highest BCUT2D eigenvalue weighted by Crippen LogP contribution is 2.23. The summed E-state index contributed by atoms with van der Waals surface area (Å²) in [6.07, 6.45) is 0. The van der Waals surface area contributed by atoms with Gasteiger partial charge in [-0.1, -0.05) is 17.7 Å². The quantitative estimate of drug-likeness (QED) is 0.902. The largest absolute Gasteiger partial charge is 0.265 e. The minimum Gasteiger partial charge on any atom is -0.261 e. The van der Waals surface area contributed by atoms with Gasteiger partial charge in [-0.25, -0.2) is 13.1 Å².